The second-order valence-electron chi connectivity index (χ2n) is 4.28. The van der Waals surface area contributed by atoms with Gasteiger partial charge in [-0.25, -0.2) is 0 Å². The highest BCUT2D eigenvalue weighted by Gasteiger charge is 2.23. The van der Waals surface area contributed by atoms with Gasteiger partial charge in [0.25, 0.3) is 0 Å². The number of ether oxygens (including phenoxy) is 2. The van der Waals surface area contributed by atoms with Gasteiger partial charge in [-0.1, -0.05) is 18.2 Å². The van der Waals surface area contributed by atoms with Crippen molar-refractivity contribution in [2.75, 3.05) is 19.5 Å². The number of hydrogen-bond acceptors (Lipinski definition) is 6. The van der Waals surface area contributed by atoms with E-state index in [4.69, 9.17) is 15.2 Å². The van der Waals surface area contributed by atoms with E-state index in [2.05, 4.69) is 11.1 Å². The molecule has 0 radical (unpaired) electrons. The van der Waals surface area contributed by atoms with Gasteiger partial charge in [0.2, 0.25) is 5.88 Å². The summed E-state index contributed by atoms with van der Waals surface area (Å²) in [4.78, 5) is 4.02. The van der Waals surface area contributed by atoms with Crippen LogP contribution in [0.5, 0.6) is 11.6 Å². The first-order valence-corrected chi connectivity index (χ1v) is 6.57. The molecule has 0 saturated carbocycles. The number of para-hydroxylation sites is 1. The van der Waals surface area contributed by atoms with Crippen LogP contribution in [-0.2, 0) is 0 Å². The Morgan fingerprint density at radius 3 is 2.45 bits per heavy atom. The average Bonchev–Trinajstić information content (AvgIpc) is 2.54. The highest BCUT2D eigenvalue weighted by Crippen LogP contribution is 2.39. The number of rotatable bonds is 4. The highest BCUT2D eigenvalue weighted by molar-refractivity contribution is 5.85. The van der Waals surface area contributed by atoms with E-state index in [0.29, 0.717) is 23.5 Å². The first-order chi connectivity index (χ1) is 10.7. The van der Waals surface area contributed by atoms with Crippen LogP contribution in [0.1, 0.15) is 18.1 Å². The summed E-state index contributed by atoms with van der Waals surface area (Å²) >= 11 is 0. The van der Waals surface area contributed by atoms with E-state index in [1.807, 2.05) is 6.07 Å². The van der Waals surface area contributed by atoms with Crippen molar-refractivity contribution in [3.63, 3.8) is 0 Å². The second kappa shape index (κ2) is 6.47. The molecule has 0 aliphatic carbocycles. The number of pyridine rings is 1. The number of anilines is 1. The molecule has 6 nitrogen and oxygen atoms in total. The SMILES string of the molecule is CCOc1nc(N)c(C#N)c(-c2ccccc2OC)c1C#N. The smallest absolute Gasteiger partial charge is 0.234 e. The fourth-order valence-corrected chi connectivity index (χ4v) is 2.16. The van der Waals surface area contributed by atoms with E-state index < -0.39 is 0 Å². The number of nitrogen functional groups attached to an aromatic ring is 1. The Morgan fingerprint density at radius 1 is 1.18 bits per heavy atom. The Morgan fingerprint density at radius 2 is 1.86 bits per heavy atom. The van der Waals surface area contributed by atoms with Crippen LogP contribution in [0.25, 0.3) is 11.1 Å². The minimum atomic E-state index is 0.0193. The van der Waals surface area contributed by atoms with Gasteiger partial charge >= 0.3 is 0 Å². The highest BCUT2D eigenvalue weighted by atomic mass is 16.5. The maximum atomic E-state index is 9.50. The molecule has 0 bridgehead atoms. The zero-order valence-electron chi connectivity index (χ0n) is 12.3. The quantitative estimate of drug-likeness (QED) is 0.928. The van der Waals surface area contributed by atoms with Crippen molar-refractivity contribution in [3.05, 3.63) is 35.4 Å². The topological polar surface area (TPSA) is 105 Å². The predicted octanol–water partition coefficient (Wildman–Crippen LogP) is 2.48. The van der Waals surface area contributed by atoms with Gasteiger partial charge < -0.3 is 15.2 Å². The standard InChI is InChI=1S/C16H14N4O2/c1-3-22-16-12(9-18)14(11(8-17)15(19)20-16)10-6-4-5-7-13(10)21-2/h4-7H,3H2,1-2H3,(H2,19,20). The summed E-state index contributed by atoms with van der Waals surface area (Å²) in [6, 6.07) is 11.1. The largest absolute Gasteiger partial charge is 0.496 e. The maximum absolute atomic E-state index is 9.50. The molecule has 1 aromatic heterocycles. The molecule has 0 saturated heterocycles. The van der Waals surface area contributed by atoms with Crippen LogP contribution in [-0.4, -0.2) is 18.7 Å². The van der Waals surface area contributed by atoms with Gasteiger partial charge in [-0.05, 0) is 13.0 Å². The molecule has 2 aromatic rings. The number of benzene rings is 1. The summed E-state index contributed by atoms with van der Waals surface area (Å²) in [6.45, 7) is 2.11. The Labute approximate surface area is 128 Å². The van der Waals surface area contributed by atoms with Crippen molar-refractivity contribution in [1.82, 2.24) is 4.98 Å². The normalized spacial score (nSPS) is 9.64. The molecular weight excluding hydrogens is 280 g/mol. The first kappa shape index (κ1) is 15.1. The number of aromatic nitrogens is 1. The lowest BCUT2D eigenvalue weighted by molar-refractivity contribution is 0.326. The summed E-state index contributed by atoms with van der Waals surface area (Å²) in [5.41, 5.74) is 7.11. The van der Waals surface area contributed by atoms with E-state index in [-0.39, 0.29) is 22.8 Å². The van der Waals surface area contributed by atoms with Gasteiger partial charge in [-0.15, -0.1) is 0 Å². The van der Waals surface area contributed by atoms with Crippen molar-refractivity contribution in [2.45, 2.75) is 6.92 Å². The molecule has 0 fully saturated rings. The fourth-order valence-electron chi connectivity index (χ4n) is 2.16. The monoisotopic (exact) mass is 294 g/mol. The van der Waals surface area contributed by atoms with E-state index in [1.54, 1.807) is 31.2 Å². The molecule has 0 atom stereocenters. The molecule has 2 N–H and O–H groups in total. The Kier molecular flexibility index (Phi) is 4.45. The Bertz CT molecular complexity index is 788. The summed E-state index contributed by atoms with van der Waals surface area (Å²) in [6.07, 6.45) is 0. The Hall–Kier alpha value is -3.25. The van der Waals surface area contributed by atoms with Gasteiger partial charge in [0.1, 0.15) is 34.8 Å². The van der Waals surface area contributed by atoms with E-state index >= 15 is 0 Å². The molecule has 1 heterocycles. The molecule has 1 aromatic carbocycles. The molecule has 0 unspecified atom stereocenters. The lowest BCUT2D eigenvalue weighted by atomic mass is 9.95. The van der Waals surface area contributed by atoms with Crippen LogP contribution in [0.15, 0.2) is 24.3 Å². The third-order valence-corrected chi connectivity index (χ3v) is 3.07. The third-order valence-electron chi connectivity index (χ3n) is 3.07. The Balaban J connectivity index is 2.89. The zero-order valence-corrected chi connectivity index (χ0v) is 12.3. The fraction of sp³-hybridized carbons (Fsp3) is 0.188. The maximum Gasteiger partial charge on any atom is 0.234 e. The van der Waals surface area contributed by atoms with Crippen LogP contribution in [0, 0.1) is 22.7 Å². The molecule has 0 aliphatic heterocycles. The van der Waals surface area contributed by atoms with Gasteiger partial charge in [-0.2, -0.15) is 15.5 Å². The number of methoxy groups -OCH3 is 1. The van der Waals surface area contributed by atoms with Crippen LogP contribution >= 0.6 is 0 Å². The van der Waals surface area contributed by atoms with Crippen molar-refractivity contribution in [1.29, 1.82) is 10.5 Å². The molecule has 110 valence electrons. The summed E-state index contributed by atoms with van der Waals surface area (Å²) in [5.74, 6) is 0.664. The van der Waals surface area contributed by atoms with Crippen molar-refractivity contribution in [2.24, 2.45) is 0 Å². The second-order valence-corrected chi connectivity index (χ2v) is 4.28. The van der Waals surface area contributed by atoms with Crippen LogP contribution in [0.2, 0.25) is 0 Å². The van der Waals surface area contributed by atoms with Gasteiger partial charge in [0, 0.05) is 11.1 Å². The summed E-state index contributed by atoms with van der Waals surface area (Å²) < 4.78 is 10.7. The first-order valence-electron chi connectivity index (χ1n) is 6.57. The number of nitrogens with two attached hydrogens (primary N) is 1. The van der Waals surface area contributed by atoms with Crippen LogP contribution in [0.4, 0.5) is 5.82 Å². The lowest BCUT2D eigenvalue weighted by Gasteiger charge is -2.15. The van der Waals surface area contributed by atoms with E-state index in [9.17, 15) is 10.5 Å². The van der Waals surface area contributed by atoms with Gasteiger partial charge in [-0.3, -0.25) is 0 Å². The number of nitrogens with zero attached hydrogens (tertiary/aromatic N) is 3. The molecular formula is C16H14N4O2. The molecule has 6 heteroatoms. The van der Waals surface area contributed by atoms with Gasteiger partial charge in [0.05, 0.1) is 13.7 Å². The van der Waals surface area contributed by atoms with E-state index in [0.717, 1.165) is 0 Å². The van der Waals surface area contributed by atoms with E-state index in [1.165, 1.54) is 7.11 Å². The summed E-state index contributed by atoms with van der Waals surface area (Å²) in [5, 5.41) is 18.9. The molecule has 2 rings (SSSR count). The minimum Gasteiger partial charge on any atom is -0.496 e. The third kappa shape index (κ3) is 2.50. The molecule has 0 amide bonds. The number of nitriles is 2. The minimum absolute atomic E-state index is 0.0193. The number of hydrogen-bond donors (Lipinski definition) is 1. The average molecular weight is 294 g/mol. The predicted molar refractivity (Wildman–Crippen MR) is 81.2 cm³/mol. The van der Waals surface area contributed by atoms with Crippen molar-refractivity contribution in [3.8, 4) is 34.9 Å². The van der Waals surface area contributed by atoms with Crippen molar-refractivity contribution >= 4 is 5.82 Å². The van der Waals surface area contributed by atoms with Crippen LogP contribution < -0.4 is 15.2 Å². The van der Waals surface area contributed by atoms with Crippen molar-refractivity contribution < 1.29 is 9.47 Å². The molecule has 0 spiro atoms. The zero-order chi connectivity index (χ0) is 16.1. The van der Waals surface area contributed by atoms with Crippen LogP contribution in [0.3, 0.4) is 0 Å². The molecule has 22 heavy (non-hydrogen) atoms. The lowest BCUT2D eigenvalue weighted by Crippen LogP contribution is -2.06. The summed E-state index contributed by atoms with van der Waals surface area (Å²) in [7, 11) is 1.52. The van der Waals surface area contributed by atoms with Gasteiger partial charge in [0.15, 0.2) is 0 Å². The molecule has 0 aliphatic rings.